The first-order valence-electron chi connectivity index (χ1n) is 7.19. The van der Waals surface area contributed by atoms with Crippen LogP contribution in [0.1, 0.15) is 5.56 Å². The summed E-state index contributed by atoms with van der Waals surface area (Å²) >= 11 is 0. The lowest BCUT2D eigenvalue weighted by molar-refractivity contribution is 0.202. The van der Waals surface area contributed by atoms with Crippen molar-refractivity contribution >= 4 is 11.7 Å². The summed E-state index contributed by atoms with van der Waals surface area (Å²) in [7, 11) is 1.60. The maximum atomic E-state index is 13.1. The van der Waals surface area contributed by atoms with E-state index >= 15 is 0 Å². The topological polar surface area (TPSA) is 61.8 Å². The molecule has 2 aromatic rings. The van der Waals surface area contributed by atoms with Gasteiger partial charge in [0.15, 0.2) is 0 Å². The van der Waals surface area contributed by atoms with Gasteiger partial charge in [0.05, 0.1) is 6.61 Å². The Kier molecular flexibility index (Phi) is 5.94. The highest BCUT2D eigenvalue weighted by molar-refractivity contribution is 5.89. The maximum absolute atomic E-state index is 13.1. The number of halogens is 1. The number of hydrogen-bond donors (Lipinski definition) is 2. The monoisotopic (exact) mass is 318 g/mol. The predicted molar refractivity (Wildman–Crippen MR) is 85.9 cm³/mol. The number of aliphatic hydroxyl groups is 1. The molecule has 2 aromatic carbocycles. The van der Waals surface area contributed by atoms with E-state index in [9.17, 15) is 9.18 Å². The van der Waals surface area contributed by atoms with Crippen LogP contribution in [0.15, 0.2) is 48.5 Å². The highest BCUT2D eigenvalue weighted by Crippen LogP contribution is 2.16. The van der Waals surface area contributed by atoms with Crippen molar-refractivity contribution in [2.45, 2.75) is 6.61 Å². The van der Waals surface area contributed by atoms with Gasteiger partial charge in [-0.2, -0.15) is 0 Å². The highest BCUT2D eigenvalue weighted by atomic mass is 19.1. The van der Waals surface area contributed by atoms with Crippen LogP contribution in [0.25, 0.3) is 0 Å². The van der Waals surface area contributed by atoms with Crippen LogP contribution in [-0.4, -0.2) is 36.2 Å². The van der Waals surface area contributed by atoms with E-state index in [1.54, 1.807) is 37.4 Å². The van der Waals surface area contributed by atoms with Crippen molar-refractivity contribution < 1.29 is 19.0 Å². The van der Waals surface area contributed by atoms with Crippen molar-refractivity contribution in [1.29, 1.82) is 0 Å². The summed E-state index contributed by atoms with van der Waals surface area (Å²) < 4.78 is 18.6. The van der Waals surface area contributed by atoms with Gasteiger partial charge in [-0.3, -0.25) is 0 Å². The molecule has 2 amide bonds. The van der Waals surface area contributed by atoms with Gasteiger partial charge in [0, 0.05) is 25.3 Å². The molecule has 0 atom stereocenters. The number of rotatable bonds is 6. The zero-order valence-electron chi connectivity index (χ0n) is 12.8. The van der Waals surface area contributed by atoms with E-state index in [2.05, 4.69) is 5.32 Å². The second-order valence-corrected chi connectivity index (χ2v) is 5.02. The molecule has 0 spiro atoms. The second kappa shape index (κ2) is 8.14. The van der Waals surface area contributed by atoms with Gasteiger partial charge in [-0.15, -0.1) is 0 Å². The number of nitrogens with one attached hydrogen (secondary N) is 1. The molecule has 0 unspecified atom stereocenters. The second-order valence-electron chi connectivity index (χ2n) is 5.02. The van der Waals surface area contributed by atoms with E-state index in [0.29, 0.717) is 11.4 Å². The van der Waals surface area contributed by atoms with Crippen LogP contribution in [0, 0.1) is 5.82 Å². The first-order chi connectivity index (χ1) is 11.1. The maximum Gasteiger partial charge on any atom is 0.321 e. The molecule has 0 bridgehead atoms. The lowest BCUT2D eigenvalue weighted by Crippen LogP contribution is -2.33. The lowest BCUT2D eigenvalue weighted by atomic mass is 10.2. The van der Waals surface area contributed by atoms with Crippen LogP contribution in [0.4, 0.5) is 14.9 Å². The fraction of sp³-hybridized carbons (Fsp3) is 0.235. The average Bonchev–Trinajstić information content (AvgIpc) is 2.53. The number of likely N-dealkylation sites (N-methyl/N-ethyl adjacent to an activating group) is 1. The van der Waals surface area contributed by atoms with E-state index in [-0.39, 0.29) is 31.6 Å². The van der Waals surface area contributed by atoms with Crippen LogP contribution in [0.3, 0.4) is 0 Å². The Bertz CT molecular complexity index is 664. The van der Waals surface area contributed by atoms with Crippen molar-refractivity contribution in [3.63, 3.8) is 0 Å². The zero-order chi connectivity index (χ0) is 16.7. The van der Waals surface area contributed by atoms with Gasteiger partial charge in [0.1, 0.15) is 18.2 Å². The van der Waals surface area contributed by atoms with Crippen molar-refractivity contribution in [3.8, 4) is 5.75 Å². The molecule has 23 heavy (non-hydrogen) atoms. The van der Waals surface area contributed by atoms with Crippen molar-refractivity contribution in [2.24, 2.45) is 0 Å². The van der Waals surface area contributed by atoms with E-state index in [1.807, 2.05) is 6.07 Å². The number of amides is 2. The summed E-state index contributed by atoms with van der Waals surface area (Å²) in [6.07, 6.45) is 0. The minimum atomic E-state index is -0.351. The standard InChI is InChI=1S/C17H19FN2O3/c1-20(8-9-21)17(22)19-15-6-2-4-13(10-15)12-23-16-7-3-5-14(18)11-16/h2-7,10-11,21H,8-9,12H2,1H3,(H,19,22). The molecule has 0 saturated carbocycles. The van der Waals surface area contributed by atoms with Crippen molar-refractivity contribution in [2.75, 3.05) is 25.5 Å². The molecule has 0 heterocycles. The van der Waals surface area contributed by atoms with Gasteiger partial charge in [-0.05, 0) is 29.8 Å². The molecule has 0 aliphatic carbocycles. The van der Waals surface area contributed by atoms with Crippen LogP contribution < -0.4 is 10.1 Å². The third-order valence-corrected chi connectivity index (χ3v) is 3.16. The number of urea groups is 1. The van der Waals surface area contributed by atoms with Crippen LogP contribution in [0.2, 0.25) is 0 Å². The number of carbonyl (C=O) groups excluding carboxylic acids is 1. The largest absolute Gasteiger partial charge is 0.489 e. The van der Waals surface area contributed by atoms with Gasteiger partial charge in [0.2, 0.25) is 0 Å². The predicted octanol–water partition coefficient (Wildman–Crippen LogP) is 2.86. The number of nitrogens with zero attached hydrogens (tertiary/aromatic N) is 1. The zero-order valence-corrected chi connectivity index (χ0v) is 12.8. The summed E-state index contributed by atoms with van der Waals surface area (Å²) in [5.41, 5.74) is 1.47. The minimum absolute atomic E-state index is 0.0918. The number of benzene rings is 2. The quantitative estimate of drug-likeness (QED) is 0.861. The highest BCUT2D eigenvalue weighted by Gasteiger charge is 2.08. The molecule has 5 nitrogen and oxygen atoms in total. The molecule has 0 aliphatic heterocycles. The summed E-state index contributed by atoms with van der Waals surface area (Å²) in [6.45, 7) is 0.430. The Morgan fingerprint density at radius 1 is 1.26 bits per heavy atom. The van der Waals surface area contributed by atoms with E-state index in [4.69, 9.17) is 9.84 Å². The molecule has 2 N–H and O–H groups in total. The normalized spacial score (nSPS) is 10.2. The van der Waals surface area contributed by atoms with Crippen molar-refractivity contribution in [1.82, 2.24) is 4.90 Å². The van der Waals surface area contributed by atoms with Gasteiger partial charge in [-0.1, -0.05) is 18.2 Å². The molecule has 6 heteroatoms. The summed E-state index contributed by atoms with van der Waals surface area (Å²) in [5, 5.41) is 11.6. The molecule has 0 aliphatic rings. The third-order valence-electron chi connectivity index (χ3n) is 3.16. The number of carbonyl (C=O) groups is 1. The minimum Gasteiger partial charge on any atom is -0.489 e. The first kappa shape index (κ1) is 16.8. The fourth-order valence-corrected chi connectivity index (χ4v) is 1.93. The first-order valence-corrected chi connectivity index (χ1v) is 7.19. The van der Waals surface area contributed by atoms with Crippen molar-refractivity contribution in [3.05, 3.63) is 59.9 Å². The van der Waals surface area contributed by atoms with Crippen LogP contribution in [-0.2, 0) is 6.61 Å². The van der Waals surface area contributed by atoms with E-state index < -0.39 is 0 Å². The third kappa shape index (κ3) is 5.27. The Balaban J connectivity index is 1.95. The van der Waals surface area contributed by atoms with Gasteiger partial charge in [-0.25, -0.2) is 9.18 Å². The molecule has 122 valence electrons. The smallest absolute Gasteiger partial charge is 0.321 e. The van der Waals surface area contributed by atoms with Crippen LogP contribution >= 0.6 is 0 Å². The van der Waals surface area contributed by atoms with Gasteiger partial charge >= 0.3 is 6.03 Å². The number of aliphatic hydroxyl groups excluding tert-OH is 1. The van der Waals surface area contributed by atoms with E-state index in [0.717, 1.165) is 5.56 Å². The fourth-order valence-electron chi connectivity index (χ4n) is 1.93. The Labute approximate surface area is 134 Å². The molecule has 0 saturated heterocycles. The summed E-state index contributed by atoms with van der Waals surface area (Å²) in [6, 6.07) is 12.8. The molecule has 0 fully saturated rings. The van der Waals surface area contributed by atoms with Gasteiger partial charge < -0.3 is 20.1 Å². The Morgan fingerprint density at radius 2 is 2.04 bits per heavy atom. The molecule has 0 radical (unpaired) electrons. The molecule has 0 aromatic heterocycles. The lowest BCUT2D eigenvalue weighted by Gasteiger charge is -2.17. The van der Waals surface area contributed by atoms with E-state index in [1.165, 1.54) is 17.0 Å². The molecule has 2 rings (SSSR count). The van der Waals surface area contributed by atoms with Crippen LogP contribution in [0.5, 0.6) is 5.75 Å². The summed E-state index contributed by atoms with van der Waals surface area (Å²) in [4.78, 5) is 13.2. The average molecular weight is 318 g/mol. The van der Waals surface area contributed by atoms with Gasteiger partial charge in [0.25, 0.3) is 0 Å². The number of hydrogen-bond acceptors (Lipinski definition) is 3. The molecular weight excluding hydrogens is 299 g/mol. The SMILES string of the molecule is CN(CCO)C(=O)Nc1cccc(COc2cccc(F)c2)c1. The number of anilines is 1. The summed E-state index contributed by atoms with van der Waals surface area (Å²) in [5.74, 6) is 0.0950. The molecular formula is C17H19FN2O3. The Morgan fingerprint density at radius 3 is 2.78 bits per heavy atom. The number of ether oxygens (including phenoxy) is 1. The Hall–Kier alpha value is -2.60.